The predicted molar refractivity (Wildman–Crippen MR) is 87.7 cm³/mol. The van der Waals surface area contributed by atoms with Crippen LogP contribution in [0.5, 0.6) is 0 Å². The number of esters is 1. The molecule has 0 aromatic carbocycles. The van der Waals surface area contributed by atoms with Gasteiger partial charge in [-0.3, -0.25) is 9.59 Å². The molecule has 0 radical (unpaired) electrons. The van der Waals surface area contributed by atoms with Crippen LogP contribution >= 0.6 is 0 Å². The fraction of sp³-hybridized carbons (Fsp3) is 0.588. The lowest BCUT2D eigenvalue weighted by atomic mass is 10.1. The van der Waals surface area contributed by atoms with Crippen molar-refractivity contribution in [1.29, 1.82) is 0 Å². The zero-order valence-electron chi connectivity index (χ0n) is 14.6. The highest BCUT2D eigenvalue weighted by Crippen LogP contribution is 2.21. The first kappa shape index (κ1) is 18.9. The molecule has 1 rings (SSSR count). The molecule has 0 saturated heterocycles. The topological polar surface area (TPSA) is 79.5 Å². The molecule has 0 atom stereocenters. The highest BCUT2D eigenvalue weighted by Gasteiger charge is 2.25. The van der Waals surface area contributed by atoms with Gasteiger partial charge in [-0.15, -0.1) is 0 Å². The van der Waals surface area contributed by atoms with E-state index in [4.69, 9.17) is 4.74 Å². The van der Waals surface area contributed by atoms with Crippen molar-refractivity contribution < 1.29 is 19.1 Å². The van der Waals surface area contributed by atoms with Crippen LogP contribution in [0.4, 0.5) is 0 Å². The average molecular weight is 322 g/mol. The largest absolute Gasteiger partial charge is 0.465 e. The van der Waals surface area contributed by atoms with Gasteiger partial charge in [0.1, 0.15) is 0 Å². The summed E-state index contributed by atoms with van der Waals surface area (Å²) in [6.45, 7) is 8.50. The molecule has 0 aliphatic carbocycles. The fourth-order valence-electron chi connectivity index (χ4n) is 2.69. The second-order valence-corrected chi connectivity index (χ2v) is 5.58. The summed E-state index contributed by atoms with van der Waals surface area (Å²) in [6.07, 6.45) is 1.80. The summed E-state index contributed by atoms with van der Waals surface area (Å²) in [4.78, 5) is 40.9. The lowest BCUT2D eigenvalue weighted by Crippen LogP contribution is -2.34. The fourth-order valence-corrected chi connectivity index (χ4v) is 2.69. The number of carbonyl (C=O) groups excluding carboxylic acids is 3. The van der Waals surface area contributed by atoms with Gasteiger partial charge in [0.15, 0.2) is 5.78 Å². The molecule has 0 bridgehead atoms. The Kier molecular flexibility index (Phi) is 7.00. The molecule has 1 aromatic heterocycles. The maximum Gasteiger partial charge on any atom is 0.339 e. The monoisotopic (exact) mass is 322 g/mol. The SMILES string of the molecule is CCCN(CCC)C(=O)Cc1[nH]c(C(C)=O)c(C)c1C(=O)OC. The molecule has 0 aliphatic rings. The van der Waals surface area contributed by atoms with Gasteiger partial charge in [0.2, 0.25) is 5.91 Å². The number of nitrogens with zero attached hydrogens (tertiary/aromatic N) is 1. The Balaban J connectivity index is 3.15. The van der Waals surface area contributed by atoms with Crippen molar-refractivity contribution in [3.8, 4) is 0 Å². The van der Waals surface area contributed by atoms with Gasteiger partial charge < -0.3 is 14.6 Å². The lowest BCUT2D eigenvalue weighted by molar-refractivity contribution is -0.130. The van der Waals surface area contributed by atoms with Crippen molar-refractivity contribution in [2.45, 2.75) is 47.0 Å². The number of Topliss-reactive ketones (excluding diaryl/α,β-unsaturated/α-hetero) is 1. The van der Waals surface area contributed by atoms with Gasteiger partial charge >= 0.3 is 5.97 Å². The molecule has 1 heterocycles. The number of aromatic nitrogens is 1. The minimum atomic E-state index is -0.536. The van der Waals surface area contributed by atoms with E-state index >= 15 is 0 Å². The third kappa shape index (κ3) is 4.43. The van der Waals surface area contributed by atoms with Crippen LogP contribution in [0.25, 0.3) is 0 Å². The highest BCUT2D eigenvalue weighted by atomic mass is 16.5. The minimum Gasteiger partial charge on any atom is -0.465 e. The summed E-state index contributed by atoms with van der Waals surface area (Å²) in [6, 6.07) is 0. The van der Waals surface area contributed by atoms with Crippen molar-refractivity contribution >= 4 is 17.7 Å². The molecule has 1 amide bonds. The van der Waals surface area contributed by atoms with E-state index in [-0.39, 0.29) is 18.1 Å². The van der Waals surface area contributed by atoms with Crippen LogP contribution in [0.15, 0.2) is 0 Å². The maximum absolute atomic E-state index is 12.5. The van der Waals surface area contributed by atoms with E-state index in [1.165, 1.54) is 14.0 Å². The van der Waals surface area contributed by atoms with Crippen molar-refractivity contribution in [3.05, 3.63) is 22.5 Å². The Labute approximate surface area is 137 Å². The van der Waals surface area contributed by atoms with Gasteiger partial charge in [0.05, 0.1) is 24.8 Å². The van der Waals surface area contributed by atoms with Gasteiger partial charge in [-0.25, -0.2) is 4.79 Å². The Morgan fingerprint density at radius 1 is 1.13 bits per heavy atom. The minimum absolute atomic E-state index is 0.0541. The molecule has 23 heavy (non-hydrogen) atoms. The molecule has 0 aliphatic heterocycles. The predicted octanol–water partition coefficient (Wildman–Crippen LogP) is 2.50. The maximum atomic E-state index is 12.5. The summed E-state index contributed by atoms with van der Waals surface area (Å²) >= 11 is 0. The van der Waals surface area contributed by atoms with Crippen LogP contribution in [-0.2, 0) is 16.0 Å². The number of rotatable bonds is 8. The van der Waals surface area contributed by atoms with Gasteiger partial charge in [-0.05, 0) is 25.3 Å². The van der Waals surface area contributed by atoms with Gasteiger partial charge in [0, 0.05) is 25.7 Å². The van der Waals surface area contributed by atoms with Gasteiger partial charge in [-0.2, -0.15) is 0 Å². The standard InChI is InChI=1S/C17H26N2O4/c1-6-8-19(9-7-2)14(21)10-13-15(17(22)23-5)11(3)16(18-13)12(4)20/h18H,6-10H2,1-5H3. The summed E-state index contributed by atoms with van der Waals surface area (Å²) in [5.41, 5.74) is 1.62. The van der Waals surface area contributed by atoms with Crippen LogP contribution in [-0.4, -0.2) is 47.7 Å². The Morgan fingerprint density at radius 3 is 2.13 bits per heavy atom. The molecule has 128 valence electrons. The molecule has 6 heteroatoms. The molecule has 1 N–H and O–H groups in total. The number of aromatic amines is 1. The number of carbonyl (C=O) groups is 3. The van der Waals surface area contributed by atoms with E-state index in [9.17, 15) is 14.4 Å². The number of ketones is 1. The third-order valence-electron chi connectivity index (χ3n) is 3.74. The Hall–Kier alpha value is -2.11. The van der Waals surface area contributed by atoms with Crippen LogP contribution < -0.4 is 0 Å². The normalized spacial score (nSPS) is 10.5. The molecule has 0 unspecified atom stereocenters. The van der Waals surface area contributed by atoms with Crippen molar-refractivity contribution in [2.24, 2.45) is 0 Å². The second kappa shape index (κ2) is 8.50. The lowest BCUT2D eigenvalue weighted by Gasteiger charge is -2.21. The Bertz CT molecular complexity index is 584. The molecule has 1 aromatic rings. The van der Waals surface area contributed by atoms with Gasteiger partial charge in [0.25, 0.3) is 0 Å². The molecule has 6 nitrogen and oxygen atoms in total. The zero-order valence-corrected chi connectivity index (χ0v) is 14.6. The van der Waals surface area contributed by atoms with Crippen LogP contribution in [0.2, 0.25) is 0 Å². The number of methoxy groups -OCH3 is 1. The third-order valence-corrected chi connectivity index (χ3v) is 3.74. The molecular formula is C17H26N2O4. The summed E-state index contributed by atoms with van der Waals surface area (Å²) in [7, 11) is 1.29. The summed E-state index contributed by atoms with van der Waals surface area (Å²) < 4.78 is 4.79. The summed E-state index contributed by atoms with van der Waals surface area (Å²) in [5.74, 6) is -0.771. The Morgan fingerprint density at radius 2 is 1.70 bits per heavy atom. The number of amides is 1. The second-order valence-electron chi connectivity index (χ2n) is 5.58. The van der Waals surface area contributed by atoms with Crippen molar-refractivity contribution in [3.63, 3.8) is 0 Å². The van der Waals surface area contributed by atoms with Crippen molar-refractivity contribution in [1.82, 2.24) is 9.88 Å². The van der Waals surface area contributed by atoms with Crippen LogP contribution in [0.3, 0.4) is 0 Å². The number of hydrogen-bond acceptors (Lipinski definition) is 4. The highest BCUT2D eigenvalue weighted by molar-refractivity contribution is 6.01. The van der Waals surface area contributed by atoms with E-state index in [2.05, 4.69) is 4.98 Å². The van der Waals surface area contributed by atoms with E-state index in [1.807, 2.05) is 13.8 Å². The first-order valence-electron chi connectivity index (χ1n) is 7.95. The van der Waals surface area contributed by atoms with E-state index in [0.717, 1.165) is 12.8 Å². The molecular weight excluding hydrogens is 296 g/mol. The van der Waals surface area contributed by atoms with E-state index in [1.54, 1.807) is 11.8 Å². The number of ether oxygens (including phenoxy) is 1. The first-order valence-corrected chi connectivity index (χ1v) is 7.95. The molecule has 0 spiro atoms. The van der Waals surface area contributed by atoms with E-state index < -0.39 is 5.97 Å². The van der Waals surface area contributed by atoms with Gasteiger partial charge in [-0.1, -0.05) is 13.8 Å². The van der Waals surface area contributed by atoms with Crippen LogP contribution in [0.1, 0.15) is 65.7 Å². The zero-order chi connectivity index (χ0) is 17.6. The average Bonchev–Trinajstić information content (AvgIpc) is 2.83. The molecule has 0 saturated carbocycles. The smallest absolute Gasteiger partial charge is 0.339 e. The first-order chi connectivity index (χ1) is 10.9. The summed E-state index contributed by atoms with van der Waals surface area (Å²) in [5, 5.41) is 0. The molecule has 0 fully saturated rings. The number of hydrogen-bond donors (Lipinski definition) is 1. The number of H-pyrrole nitrogens is 1. The quantitative estimate of drug-likeness (QED) is 0.589. The van der Waals surface area contributed by atoms with Crippen molar-refractivity contribution in [2.75, 3.05) is 20.2 Å². The number of nitrogens with one attached hydrogen (secondary N) is 1. The van der Waals surface area contributed by atoms with Crippen LogP contribution in [0, 0.1) is 6.92 Å². The van der Waals surface area contributed by atoms with E-state index in [0.29, 0.717) is 35.6 Å².